The second-order valence-corrected chi connectivity index (χ2v) is 7.47. The molecule has 0 aliphatic carbocycles. The zero-order valence-corrected chi connectivity index (χ0v) is 17.1. The van der Waals surface area contributed by atoms with E-state index < -0.39 is 53.0 Å². The molecule has 170 valence electrons. The Hall–Kier alpha value is -3.26. The molecule has 0 bridgehead atoms. The van der Waals surface area contributed by atoms with Crippen LogP contribution in [0.4, 0.5) is 27.8 Å². The van der Waals surface area contributed by atoms with Crippen LogP contribution in [0, 0.1) is 28.9 Å². The van der Waals surface area contributed by atoms with Gasteiger partial charge in [0.1, 0.15) is 18.0 Å². The molecule has 11 heteroatoms. The van der Waals surface area contributed by atoms with Gasteiger partial charge in [-0.2, -0.15) is 22.8 Å². The van der Waals surface area contributed by atoms with Gasteiger partial charge in [-0.15, -0.1) is 0 Å². The Bertz CT molecular complexity index is 1070. The van der Waals surface area contributed by atoms with Crippen molar-refractivity contribution in [1.82, 2.24) is 4.98 Å². The Morgan fingerprint density at radius 2 is 1.97 bits per heavy atom. The molecule has 1 aromatic carbocycles. The molecule has 1 N–H and O–H groups in total. The Kier molecular flexibility index (Phi) is 6.11. The van der Waals surface area contributed by atoms with Gasteiger partial charge in [0.25, 0.3) is 5.91 Å². The number of nitrogens with one attached hydrogen (secondary N) is 1. The summed E-state index contributed by atoms with van der Waals surface area (Å²) in [5, 5.41) is 11.2. The second-order valence-electron chi connectivity index (χ2n) is 7.47. The number of carbonyl (C=O) groups is 1. The summed E-state index contributed by atoms with van der Waals surface area (Å²) < 4.78 is 79.9. The van der Waals surface area contributed by atoms with Crippen LogP contribution >= 0.6 is 0 Å². The van der Waals surface area contributed by atoms with Crippen molar-refractivity contribution in [3.8, 4) is 11.8 Å². The number of rotatable bonds is 4. The van der Waals surface area contributed by atoms with E-state index in [2.05, 4.69) is 10.3 Å². The van der Waals surface area contributed by atoms with Crippen molar-refractivity contribution < 1.29 is 36.2 Å². The number of aromatic nitrogens is 1. The molecule has 1 aromatic heterocycles. The van der Waals surface area contributed by atoms with Crippen LogP contribution in [0.25, 0.3) is 0 Å². The summed E-state index contributed by atoms with van der Waals surface area (Å²) >= 11 is 0. The number of methoxy groups -OCH3 is 1. The lowest BCUT2D eigenvalue weighted by atomic mass is 9.77. The first kappa shape index (κ1) is 23.4. The molecular weight excluding hydrogens is 437 g/mol. The molecule has 4 atom stereocenters. The molecule has 0 unspecified atom stereocenters. The monoisotopic (exact) mass is 455 g/mol. The minimum atomic E-state index is -4.86. The predicted molar refractivity (Wildman–Crippen MR) is 102 cm³/mol. The minimum absolute atomic E-state index is 0.0260. The highest BCUT2D eigenvalue weighted by Gasteiger charge is 2.65. The van der Waals surface area contributed by atoms with Crippen molar-refractivity contribution in [3.05, 3.63) is 53.2 Å². The molecule has 1 saturated heterocycles. The molecule has 0 spiro atoms. The van der Waals surface area contributed by atoms with Gasteiger partial charge in [0.2, 0.25) is 5.82 Å². The predicted octanol–water partition coefficient (Wildman–Crippen LogP) is 4.32. The lowest BCUT2D eigenvalue weighted by Gasteiger charge is -2.32. The molecule has 0 radical (unpaired) electrons. The number of amides is 1. The number of nitriles is 1. The van der Waals surface area contributed by atoms with Crippen molar-refractivity contribution in [1.29, 1.82) is 5.26 Å². The fraction of sp³-hybridized carbons (Fsp3) is 0.381. The number of ether oxygens (including phenoxy) is 2. The van der Waals surface area contributed by atoms with Gasteiger partial charge >= 0.3 is 6.18 Å². The van der Waals surface area contributed by atoms with E-state index in [1.54, 1.807) is 0 Å². The van der Waals surface area contributed by atoms with Crippen molar-refractivity contribution in [2.24, 2.45) is 5.92 Å². The number of halogens is 5. The van der Waals surface area contributed by atoms with Crippen molar-refractivity contribution in [2.75, 3.05) is 12.4 Å². The minimum Gasteiger partial charge on any atom is -0.493 e. The van der Waals surface area contributed by atoms with Crippen LogP contribution in [-0.4, -0.2) is 35.9 Å². The molecule has 2 heterocycles. The zero-order valence-electron chi connectivity index (χ0n) is 17.1. The highest BCUT2D eigenvalue weighted by molar-refractivity contribution is 5.94. The lowest BCUT2D eigenvalue weighted by Crippen LogP contribution is -2.47. The topological polar surface area (TPSA) is 84.2 Å². The maximum atomic E-state index is 14.3. The van der Waals surface area contributed by atoms with E-state index in [-0.39, 0.29) is 16.9 Å². The van der Waals surface area contributed by atoms with Crippen molar-refractivity contribution >= 4 is 11.7 Å². The summed E-state index contributed by atoms with van der Waals surface area (Å²) in [6.07, 6.45) is -5.42. The van der Waals surface area contributed by atoms with Crippen LogP contribution in [0.15, 0.2) is 30.5 Å². The van der Waals surface area contributed by atoms with Crippen LogP contribution in [0.1, 0.15) is 30.9 Å². The smallest absolute Gasteiger partial charge is 0.417 e. The molecular formula is C21H18F5N3O3. The number of pyridine rings is 1. The SMILES string of the molecule is COc1c([C@H]2[C@H](C(=O)Nc3ccc(C#N)cn3)O[C@@](C)(C(F)(F)F)[C@H]2C)ccc(F)c1F. The Morgan fingerprint density at radius 3 is 2.50 bits per heavy atom. The average molecular weight is 455 g/mol. The van der Waals surface area contributed by atoms with E-state index in [0.717, 1.165) is 26.2 Å². The fourth-order valence-corrected chi connectivity index (χ4v) is 3.77. The summed E-state index contributed by atoms with van der Waals surface area (Å²) in [7, 11) is 1.04. The molecule has 6 nitrogen and oxygen atoms in total. The maximum Gasteiger partial charge on any atom is 0.417 e. The zero-order chi connectivity index (χ0) is 23.8. The summed E-state index contributed by atoms with van der Waals surface area (Å²) in [4.78, 5) is 16.8. The van der Waals surface area contributed by atoms with Crippen LogP contribution in [0.5, 0.6) is 5.75 Å². The number of hydrogen-bond acceptors (Lipinski definition) is 5. The van der Waals surface area contributed by atoms with Crippen LogP contribution in [0.2, 0.25) is 0 Å². The molecule has 32 heavy (non-hydrogen) atoms. The summed E-state index contributed by atoms with van der Waals surface area (Å²) in [6.45, 7) is 2.01. The first-order valence-electron chi connectivity index (χ1n) is 9.38. The number of alkyl halides is 3. The third-order valence-electron chi connectivity index (χ3n) is 5.71. The van der Waals surface area contributed by atoms with Gasteiger partial charge in [0, 0.05) is 23.6 Å². The number of anilines is 1. The molecule has 1 amide bonds. The molecule has 1 aliphatic heterocycles. The molecule has 3 rings (SSSR count). The van der Waals surface area contributed by atoms with E-state index in [1.807, 2.05) is 6.07 Å². The molecule has 1 fully saturated rings. The maximum absolute atomic E-state index is 14.3. The molecule has 0 saturated carbocycles. The summed E-state index contributed by atoms with van der Waals surface area (Å²) in [6, 6.07) is 6.32. The van der Waals surface area contributed by atoms with Crippen LogP contribution in [0.3, 0.4) is 0 Å². The number of nitrogens with zero attached hydrogens (tertiary/aromatic N) is 2. The van der Waals surface area contributed by atoms with Gasteiger partial charge in [0.05, 0.1) is 12.7 Å². The quantitative estimate of drug-likeness (QED) is 0.695. The third-order valence-corrected chi connectivity index (χ3v) is 5.71. The van der Waals surface area contributed by atoms with E-state index >= 15 is 0 Å². The Labute approximate surface area is 180 Å². The fourth-order valence-electron chi connectivity index (χ4n) is 3.77. The van der Waals surface area contributed by atoms with Crippen LogP contribution < -0.4 is 10.1 Å². The number of benzene rings is 1. The lowest BCUT2D eigenvalue weighted by molar-refractivity contribution is -0.272. The standard InChI is InChI=1S/C21H18F5N3O3/c1-10-15(12-5-6-13(22)16(23)17(12)31-3)18(32-20(10,2)21(24,25)26)19(30)29-14-7-4-11(8-27)9-28-14/h4-7,9-10,15,18H,1-3H3,(H,28,29,30)/t10-,15-,18+,20+/m0/s1. The van der Waals surface area contributed by atoms with Crippen molar-refractivity contribution in [2.45, 2.75) is 37.6 Å². The first-order valence-corrected chi connectivity index (χ1v) is 9.38. The van der Waals surface area contributed by atoms with Crippen molar-refractivity contribution in [3.63, 3.8) is 0 Å². The van der Waals surface area contributed by atoms with Crippen LogP contribution in [-0.2, 0) is 9.53 Å². The summed E-state index contributed by atoms with van der Waals surface area (Å²) in [5.41, 5.74) is -2.68. The van der Waals surface area contributed by atoms with Gasteiger partial charge in [-0.1, -0.05) is 13.0 Å². The van der Waals surface area contributed by atoms with Gasteiger partial charge in [0.15, 0.2) is 17.2 Å². The second kappa shape index (κ2) is 8.35. The third kappa shape index (κ3) is 3.86. The average Bonchev–Trinajstić information content (AvgIpc) is 3.02. The first-order chi connectivity index (χ1) is 14.9. The number of hydrogen-bond donors (Lipinski definition) is 1. The van der Waals surface area contributed by atoms with Gasteiger partial charge in [-0.25, -0.2) is 9.37 Å². The highest BCUT2D eigenvalue weighted by Crippen LogP contribution is 2.54. The number of carbonyl (C=O) groups excluding carboxylic acids is 1. The molecule has 2 aromatic rings. The molecule has 1 aliphatic rings. The van der Waals surface area contributed by atoms with Gasteiger partial charge < -0.3 is 14.8 Å². The van der Waals surface area contributed by atoms with Gasteiger partial charge in [-0.05, 0) is 25.1 Å². The van der Waals surface area contributed by atoms with E-state index in [1.165, 1.54) is 25.3 Å². The largest absolute Gasteiger partial charge is 0.493 e. The van der Waals surface area contributed by atoms with E-state index in [4.69, 9.17) is 14.7 Å². The Balaban J connectivity index is 2.06. The highest BCUT2D eigenvalue weighted by atomic mass is 19.4. The van der Waals surface area contributed by atoms with Gasteiger partial charge in [-0.3, -0.25) is 4.79 Å². The summed E-state index contributed by atoms with van der Waals surface area (Å²) in [5.74, 6) is -6.94. The Morgan fingerprint density at radius 1 is 1.28 bits per heavy atom. The normalized spacial score (nSPS) is 25.3. The van der Waals surface area contributed by atoms with E-state index in [0.29, 0.717) is 0 Å². The van der Waals surface area contributed by atoms with E-state index in [9.17, 15) is 26.7 Å².